The Morgan fingerprint density at radius 3 is 2.78 bits per heavy atom. The molecule has 3 atom stereocenters. The number of hydrogen-bond donors (Lipinski definition) is 3. The van der Waals surface area contributed by atoms with Gasteiger partial charge in [-0.25, -0.2) is 4.79 Å². The number of carboxylic acid groups (broad SMARTS) is 2. The van der Waals surface area contributed by atoms with E-state index in [1.807, 2.05) is 25.2 Å². The predicted octanol–water partition coefficient (Wildman–Crippen LogP) is 1.91. The number of aliphatic carboxylic acids is 1. The highest BCUT2D eigenvalue weighted by Crippen LogP contribution is 2.45. The Morgan fingerprint density at radius 2 is 2.09 bits per heavy atom. The Hall–Kier alpha value is -2.34. The number of carboxylic acids is 2. The zero-order chi connectivity index (χ0) is 16.3. The van der Waals surface area contributed by atoms with Crippen molar-refractivity contribution in [3.8, 4) is 0 Å². The summed E-state index contributed by atoms with van der Waals surface area (Å²) in [7, 11) is 1.94. The standard InChI is InChI=1S/C17H18N2O4/c1-19-7-8(16(20)21)5-10-9-3-2-4-12-14(9)11(6-13(10)19)15(18-12)17(22)23/h2-4,8,10,13,18H,5-7H2,1H3,(H,20,21)(H,22,23)/t8?,10-,13-/m1/s1. The van der Waals surface area contributed by atoms with E-state index in [9.17, 15) is 19.8 Å². The number of rotatable bonds is 2. The molecule has 0 saturated carbocycles. The summed E-state index contributed by atoms with van der Waals surface area (Å²) < 4.78 is 0. The summed E-state index contributed by atoms with van der Waals surface area (Å²) in [6.07, 6.45) is 1.25. The molecule has 23 heavy (non-hydrogen) atoms. The second-order valence-electron chi connectivity index (χ2n) is 6.64. The van der Waals surface area contributed by atoms with E-state index in [0.717, 1.165) is 22.0 Å². The molecule has 4 rings (SSSR count). The lowest BCUT2D eigenvalue weighted by molar-refractivity contribution is -0.144. The van der Waals surface area contributed by atoms with Gasteiger partial charge in [-0.15, -0.1) is 0 Å². The van der Waals surface area contributed by atoms with E-state index in [0.29, 0.717) is 19.4 Å². The van der Waals surface area contributed by atoms with Gasteiger partial charge in [0.15, 0.2) is 0 Å². The van der Waals surface area contributed by atoms with Crippen molar-refractivity contribution in [2.45, 2.75) is 24.8 Å². The Labute approximate surface area is 132 Å². The SMILES string of the molecule is CN1CC(C(=O)O)C[C@@H]2c3cccc4[nH]c(C(=O)O)c(c34)C[C@H]21. The largest absolute Gasteiger partial charge is 0.481 e. The van der Waals surface area contributed by atoms with Gasteiger partial charge in [-0.3, -0.25) is 4.79 Å². The van der Waals surface area contributed by atoms with Crippen LogP contribution in [0.1, 0.15) is 34.0 Å². The molecule has 1 aliphatic heterocycles. The third kappa shape index (κ3) is 1.98. The van der Waals surface area contributed by atoms with E-state index in [1.165, 1.54) is 0 Å². The van der Waals surface area contributed by atoms with Gasteiger partial charge in [0.1, 0.15) is 5.69 Å². The normalized spacial score (nSPS) is 26.9. The fourth-order valence-electron chi connectivity index (χ4n) is 4.39. The maximum absolute atomic E-state index is 11.5. The number of nitrogens with zero attached hydrogens (tertiary/aromatic N) is 1. The Morgan fingerprint density at radius 1 is 1.30 bits per heavy atom. The lowest BCUT2D eigenvalue weighted by Gasteiger charge is -2.44. The molecular formula is C17H18N2O4. The van der Waals surface area contributed by atoms with Gasteiger partial charge in [-0.1, -0.05) is 12.1 Å². The highest BCUT2D eigenvalue weighted by atomic mass is 16.4. The molecule has 1 aromatic heterocycles. The van der Waals surface area contributed by atoms with Crippen LogP contribution < -0.4 is 0 Å². The highest BCUT2D eigenvalue weighted by Gasteiger charge is 2.42. The van der Waals surface area contributed by atoms with Crippen LogP contribution in [0.2, 0.25) is 0 Å². The molecule has 0 bridgehead atoms. The van der Waals surface area contributed by atoms with Crippen molar-refractivity contribution in [1.29, 1.82) is 0 Å². The average molecular weight is 314 g/mol. The molecule has 2 aromatic rings. The Kier molecular flexibility index (Phi) is 2.99. The first kappa shape index (κ1) is 14.3. The second-order valence-corrected chi connectivity index (χ2v) is 6.64. The van der Waals surface area contributed by atoms with Gasteiger partial charge >= 0.3 is 11.9 Å². The van der Waals surface area contributed by atoms with Crippen molar-refractivity contribution in [2.24, 2.45) is 5.92 Å². The molecule has 1 aliphatic carbocycles. The molecule has 6 heteroatoms. The highest BCUT2D eigenvalue weighted by molar-refractivity contribution is 5.99. The number of benzene rings is 1. The number of aromatic amines is 1. The lowest BCUT2D eigenvalue weighted by atomic mass is 9.72. The molecule has 1 aromatic carbocycles. The predicted molar refractivity (Wildman–Crippen MR) is 83.9 cm³/mol. The van der Waals surface area contributed by atoms with Crippen molar-refractivity contribution in [2.75, 3.05) is 13.6 Å². The van der Waals surface area contributed by atoms with E-state index >= 15 is 0 Å². The number of likely N-dealkylation sites (tertiary alicyclic amines) is 1. The van der Waals surface area contributed by atoms with Crippen LogP contribution in [0.5, 0.6) is 0 Å². The first-order chi connectivity index (χ1) is 11.0. The quantitative estimate of drug-likeness (QED) is 0.787. The third-order valence-corrected chi connectivity index (χ3v) is 5.41. The van der Waals surface area contributed by atoms with Crippen LogP contribution in [0.15, 0.2) is 18.2 Å². The molecule has 3 N–H and O–H groups in total. The van der Waals surface area contributed by atoms with Gasteiger partial charge < -0.3 is 20.1 Å². The molecule has 0 radical (unpaired) electrons. The van der Waals surface area contributed by atoms with E-state index in [1.54, 1.807) is 0 Å². The summed E-state index contributed by atoms with van der Waals surface area (Å²) in [4.78, 5) is 28.1. The van der Waals surface area contributed by atoms with Crippen LogP contribution in [0.4, 0.5) is 0 Å². The minimum absolute atomic E-state index is 0.128. The maximum Gasteiger partial charge on any atom is 0.352 e. The summed E-state index contributed by atoms with van der Waals surface area (Å²) in [6.45, 7) is 0.509. The van der Waals surface area contributed by atoms with E-state index in [2.05, 4.69) is 9.88 Å². The first-order valence-electron chi connectivity index (χ1n) is 7.77. The Bertz CT molecular complexity index is 825. The second kappa shape index (κ2) is 4.83. The smallest absolute Gasteiger partial charge is 0.352 e. The van der Waals surface area contributed by atoms with Gasteiger partial charge in [-0.2, -0.15) is 0 Å². The molecule has 1 fully saturated rings. The minimum atomic E-state index is -0.942. The van der Waals surface area contributed by atoms with Crippen LogP contribution in [0, 0.1) is 5.92 Å². The number of carbonyl (C=O) groups is 2. The van der Waals surface area contributed by atoms with Crippen molar-refractivity contribution in [1.82, 2.24) is 9.88 Å². The average Bonchev–Trinajstić information content (AvgIpc) is 2.88. The number of likely N-dealkylation sites (N-methyl/N-ethyl adjacent to an activating group) is 1. The van der Waals surface area contributed by atoms with Crippen molar-refractivity contribution < 1.29 is 19.8 Å². The number of aromatic nitrogens is 1. The maximum atomic E-state index is 11.5. The third-order valence-electron chi connectivity index (χ3n) is 5.41. The number of aromatic carboxylic acids is 1. The summed E-state index contributed by atoms with van der Waals surface area (Å²) in [6, 6.07) is 5.96. The van der Waals surface area contributed by atoms with Crippen LogP contribution in [-0.4, -0.2) is 51.7 Å². The van der Waals surface area contributed by atoms with Crippen LogP contribution >= 0.6 is 0 Å². The van der Waals surface area contributed by atoms with Gasteiger partial charge in [0.2, 0.25) is 0 Å². The van der Waals surface area contributed by atoms with Crippen molar-refractivity contribution in [3.05, 3.63) is 35.0 Å². The molecule has 2 heterocycles. The number of H-pyrrole nitrogens is 1. The molecule has 0 spiro atoms. The molecule has 2 aliphatic rings. The van der Waals surface area contributed by atoms with Gasteiger partial charge in [0.25, 0.3) is 0 Å². The van der Waals surface area contributed by atoms with Crippen LogP contribution in [0.25, 0.3) is 10.9 Å². The van der Waals surface area contributed by atoms with Gasteiger partial charge in [0, 0.05) is 29.4 Å². The van der Waals surface area contributed by atoms with Gasteiger partial charge in [0.05, 0.1) is 5.92 Å². The topological polar surface area (TPSA) is 93.6 Å². The lowest BCUT2D eigenvalue weighted by Crippen LogP contribution is -2.49. The van der Waals surface area contributed by atoms with E-state index < -0.39 is 11.9 Å². The molecular weight excluding hydrogens is 296 g/mol. The number of fused-ring (bicyclic) bond motifs is 2. The zero-order valence-electron chi connectivity index (χ0n) is 12.7. The summed E-state index contributed by atoms with van der Waals surface area (Å²) in [5, 5.41) is 19.8. The molecule has 1 unspecified atom stereocenters. The monoisotopic (exact) mass is 314 g/mol. The van der Waals surface area contributed by atoms with E-state index in [-0.39, 0.29) is 23.6 Å². The molecule has 1 saturated heterocycles. The van der Waals surface area contributed by atoms with Crippen molar-refractivity contribution >= 4 is 22.8 Å². The fourth-order valence-corrected chi connectivity index (χ4v) is 4.39. The number of piperidine rings is 1. The molecule has 120 valence electrons. The van der Waals surface area contributed by atoms with Gasteiger partial charge in [-0.05, 0) is 37.1 Å². The molecule has 6 nitrogen and oxygen atoms in total. The van der Waals surface area contributed by atoms with Crippen molar-refractivity contribution in [3.63, 3.8) is 0 Å². The number of hydrogen-bond acceptors (Lipinski definition) is 3. The summed E-state index contributed by atoms with van der Waals surface area (Å²) in [5.41, 5.74) is 3.02. The zero-order valence-corrected chi connectivity index (χ0v) is 12.7. The first-order valence-corrected chi connectivity index (χ1v) is 7.77. The summed E-state index contributed by atoms with van der Waals surface area (Å²) in [5.74, 6) is -1.95. The van der Waals surface area contributed by atoms with Crippen LogP contribution in [0.3, 0.4) is 0 Å². The Balaban J connectivity index is 1.90. The minimum Gasteiger partial charge on any atom is -0.481 e. The van der Waals surface area contributed by atoms with Crippen LogP contribution in [-0.2, 0) is 11.2 Å². The number of nitrogens with one attached hydrogen (secondary N) is 1. The summed E-state index contributed by atoms with van der Waals surface area (Å²) >= 11 is 0. The molecule has 0 amide bonds. The van der Waals surface area contributed by atoms with E-state index in [4.69, 9.17) is 0 Å². The fraction of sp³-hybridized carbons (Fsp3) is 0.412.